The first-order valence-electron chi connectivity index (χ1n) is 11.1. The van der Waals surface area contributed by atoms with Crippen molar-refractivity contribution in [1.29, 1.82) is 0 Å². The third-order valence-corrected chi connectivity index (χ3v) is 6.23. The Labute approximate surface area is 192 Å². The molecule has 5 rings (SSSR count). The summed E-state index contributed by atoms with van der Waals surface area (Å²) >= 11 is 0. The highest BCUT2D eigenvalue weighted by Crippen LogP contribution is 2.30. The summed E-state index contributed by atoms with van der Waals surface area (Å²) in [6.07, 6.45) is 4.80. The Morgan fingerprint density at radius 2 is 1.94 bits per heavy atom. The van der Waals surface area contributed by atoms with E-state index < -0.39 is 0 Å². The van der Waals surface area contributed by atoms with Crippen LogP contribution >= 0.6 is 0 Å². The molecule has 3 aromatic heterocycles. The number of benzene rings is 1. The van der Waals surface area contributed by atoms with E-state index in [0.717, 1.165) is 36.3 Å². The molecule has 0 fully saturated rings. The topological polar surface area (TPSA) is 78.3 Å². The van der Waals surface area contributed by atoms with Crippen LogP contribution in [0.25, 0.3) is 11.3 Å². The third-order valence-electron chi connectivity index (χ3n) is 6.23. The van der Waals surface area contributed by atoms with Gasteiger partial charge in [-0.25, -0.2) is 0 Å². The Kier molecular flexibility index (Phi) is 5.50. The van der Waals surface area contributed by atoms with Gasteiger partial charge in [-0.15, -0.1) is 0 Å². The van der Waals surface area contributed by atoms with Crippen LogP contribution in [-0.2, 0) is 40.0 Å². The van der Waals surface area contributed by atoms with Crippen molar-refractivity contribution < 1.29 is 13.9 Å². The number of fused-ring (bicyclic) bond motifs is 1. The molecule has 0 unspecified atom stereocenters. The average molecular weight is 446 g/mol. The molecule has 0 N–H and O–H groups in total. The molecular formula is C25H27N5O3. The SMILES string of the molecule is COc1ccccc1-c1cc(C(=O)N(Cc2ccco2)Cc2nn(C)c3c2CCC3)n(C)n1. The number of methoxy groups -OCH3 is 1. The monoisotopic (exact) mass is 445 g/mol. The van der Waals surface area contributed by atoms with Crippen molar-refractivity contribution in [2.24, 2.45) is 14.1 Å². The second kappa shape index (κ2) is 8.61. The molecule has 0 aliphatic heterocycles. The van der Waals surface area contributed by atoms with Crippen LogP contribution in [0.2, 0.25) is 0 Å². The minimum absolute atomic E-state index is 0.125. The molecule has 8 nitrogen and oxygen atoms in total. The van der Waals surface area contributed by atoms with E-state index >= 15 is 0 Å². The summed E-state index contributed by atoms with van der Waals surface area (Å²) in [5, 5.41) is 9.33. The second-order valence-electron chi connectivity index (χ2n) is 8.33. The summed E-state index contributed by atoms with van der Waals surface area (Å²) in [7, 11) is 5.40. The Hall–Kier alpha value is -3.81. The summed E-state index contributed by atoms with van der Waals surface area (Å²) in [4.78, 5) is 15.5. The predicted molar refractivity (Wildman–Crippen MR) is 123 cm³/mol. The molecule has 1 amide bonds. The van der Waals surface area contributed by atoms with E-state index in [1.807, 2.05) is 54.2 Å². The van der Waals surface area contributed by atoms with E-state index in [0.29, 0.717) is 30.2 Å². The van der Waals surface area contributed by atoms with Gasteiger partial charge in [0.15, 0.2) is 0 Å². The van der Waals surface area contributed by atoms with Crippen molar-refractivity contribution in [2.45, 2.75) is 32.4 Å². The van der Waals surface area contributed by atoms with E-state index in [2.05, 4.69) is 5.10 Å². The number of hydrogen-bond donors (Lipinski definition) is 0. The van der Waals surface area contributed by atoms with Gasteiger partial charge >= 0.3 is 0 Å². The van der Waals surface area contributed by atoms with Crippen LogP contribution in [0.5, 0.6) is 5.75 Å². The first-order valence-corrected chi connectivity index (χ1v) is 11.1. The van der Waals surface area contributed by atoms with E-state index in [-0.39, 0.29) is 5.91 Å². The molecule has 0 saturated carbocycles. The van der Waals surface area contributed by atoms with Gasteiger partial charge in [-0.05, 0) is 55.2 Å². The van der Waals surface area contributed by atoms with Crippen molar-refractivity contribution in [3.05, 3.63) is 77.1 Å². The fraction of sp³-hybridized carbons (Fsp3) is 0.320. The molecule has 0 saturated heterocycles. The van der Waals surface area contributed by atoms with Gasteiger partial charge in [-0.2, -0.15) is 10.2 Å². The van der Waals surface area contributed by atoms with Crippen molar-refractivity contribution in [2.75, 3.05) is 7.11 Å². The summed E-state index contributed by atoms with van der Waals surface area (Å²) < 4.78 is 14.6. The van der Waals surface area contributed by atoms with Crippen molar-refractivity contribution in [3.63, 3.8) is 0 Å². The lowest BCUT2D eigenvalue weighted by atomic mass is 10.1. The Morgan fingerprint density at radius 1 is 1.09 bits per heavy atom. The molecule has 1 aliphatic rings. The maximum atomic E-state index is 13.8. The number of aryl methyl sites for hydroxylation is 2. The lowest BCUT2D eigenvalue weighted by molar-refractivity contribution is 0.0703. The van der Waals surface area contributed by atoms with Crippen molar-refractivity contribution >= 4 is 5.91 Å². The standard InChI is InChI=1S/C25H27N5O3/c1-28-22-11-6-10-18(22)21(27-28)16-30(15-17-8-7-13-33-17)25(31)23-14-20(26-29(23)2)19-9-4-5-12-24(19)32-3/h4-5,7-9,12-14H,6,10-11,15-16H2,1-3H3. The molecular weight excluding hydrogens is 418 g/mol. The van der Waals surface area contributed by atoms with Crippen molar-refractivity contribution in [3.8, 4) is 17.0 Å². The third kappa shape index (κ3) is 3.92. The number of rotatable bonds is 7. The molecule has 4 aromatic rings. The highest BCUT2D eigenvalue weighted by atomic mass is 16.5. The van der Waals surface area contributed by atoms with Crippen LogP contribution in [-0.4, -0.2) is 37.5 Å². The maximum absolute atomic E-state index is 13.8. The Balaban J connectivity index is 1.49. The lowest BCUT2D eigenvalue weighted by Crippen LogP contribution is -2.32. The molecule has 0 bridgehead atoms. The summed E-state index contributed by atoms with van der Waals surface area (Å²) in [6.45, 7) is 0.768. The van der Waals surface area contributed by atoms with E-state index in [1.54, 1.807) is 30.0 Å². The summed E-state index contributed by atoms with van der Waals surface area (Å²) in [5.41, 5.74) is 5.53. The van der Waals surface area contributed by atoms with Gasteiger partial charge in [0.2, 0.25) is 0 Å². The first-order chi connectivity index (χ1) is 16.0. The fourth-order valence-electron chi connectivity index (χ4n) is 4.61. The highest BCUT2D eigenvalue weighted by Gasteiger charge is 2.27. The first kappa shape index (κ1) is 21.1. The zero-order valence-corrected chi connectivity index (χ0v) is 19.1. The number of carbonyl (C=O) groups excluding carboxylic acids is 1. The average Bonchev–Trinajstić information content (AvgIpc) is 3.61. The van der Waals surface area contributed by atoms with Crippen LogP contribution < -0.4 is 4.74 Å². The molecule has 3 heterocycles. The zero-order valence-electron chi connectivity index (χ0n) is 19.1. The number of ether oxygens (including phenoxy) is 1. The number of carbonyl (C=O) groups is 1. The fourth-order valence-corrected chi connectivity index (χ4v) is 4.61. The molecule has 0 spiro atoms. The normalized spacial score (nSPS) is 12.7. The van der Waals surface area contributed by atoms with Crippen LogP contribution in [0.4, 0.5) is 0 Å². The Morgan fingerprint density at radius 3 is 2.73 bits per heavy atom. The van der Waals surface area contributed by atoms with Gasteiger partial charge in [-0.1, -0.05) is 12.1 Å². The Bertz CT molecular complexity index is 1290. The minimum Gasteiger partial charge on any atom is -0.496 e. The molecule has 1 aliphatic carbocycles. The minimum atomic E-state index is -0.125. The number of para-hydroxylation sites is 1. The number of hydrogen-bond acceptors (Lipinski definition) is 5. The predicted octanol–water partition coefficient (Wildman–Crippen LogP) is 3.75. The summed E-state index contributed by atoms with van der Waals surface area (Å²) in [5.74, 6) is 1.31. The van der Waals surface area contributed by atoms with Gasteiger partial charge in [0.25, 0.3) is 5.91 Å². The smallest absolute Gasteiger partial charge is 0.272 e. The van der Waals surface area contributed by atoms with E-state index in [9.17, 15) is 4.79 Å². The van der Waals surface area contributed by atoms with Gasteiger partial charge in [-0.3, -0.25) is 14.2 Å². The molecule has 33 heavy (non-hydrogen) atoms. The molecule has 0 atom stereocenters. The second-order valence-corrected chi connectivity index (χ2v) is 8.33. The molecule has 8 heteroatoms. The lowest BCUT2D eigenvalue weighted by Gasteiger charge is -2.21. The number of nitrogens with zero attached hydrogens (tertiary/aromatic N) is 5. The van der Waals surface area contributed by atoms with Crippen LogP contribution in [0.15, 0.2) is 53.1 Å². The molecule has 170 valence electrons. The van der Waals surface area contributed by atoms with Crippen LogP contribution in [0.3, 0.4) is 0 Å². The highest BCUT2D eigenvalue weighted by molar-refractivity contribution is 5.94. The van der Waals surface area contributed by atoms with Crippen LogP contribution in [0.1, 0.15) is 39.6 Å². The van der Waals surface area contributed by atoms with Gasteiger partial charge < -0.3 is 14.1 Å². The van der Waals surface area contributed by atoms with E-state index in [1.165, 1.54) is 11.3 Å². The quantitative estimate of drug-likeness (QED) is 0.433. The zero-order chi connectivity index (χ0) is 22.9. The molecule has 1 aromatic carbocycles. The van der Waals surface area contributed by atoms with Crippen molar-refractivity contribution in [1.82, 2.24) is 24.5 Å². The largest absolute Gasteiger partial charge is 0.496 e. The maximum Gasteiger partial charge on any atom is 0.272 e. The molecule has 0 radical (unpaired) electrons. The number of aromatic nitrogens is 4. The summed E-state index contributed by atoms with van der Waals surface area (Å²) in [6, 6.07) is 13.2. The van der Waals surface area contributed by atoms with E-state index in [4.69, 9.17) is 14.3 Å². The van der Waals surface area contributed by atoms with Gasteiger partial charge in [0.05, 0.1) is 37.9 Å². The number of amides is 1. The van der Waals surface area contributed by atoms with Crippen LogP contribution in [0, 0.1) is 0 Å². The van der Waals surface area contributed by atoms with Gasteiger partial charge in [0.1, 0.15) is 17.2 Å². The van der Waals surface area contributed by atoms with Gasteiger partial charge in [0, 0.05) is 25.4 Å². The number of furan rings is 1.